The molecule has 0 radical (unpaired) electrons. The molecule has 2 amide bonds. The van der Waals surface area contributed by atoms with E-state index in [0.29, 0.717) is 35.9 Å². The lowest BCUT2D eigenvalue weighted by Gasteiger charge is -2.28. The first-order valence-corrected chi connectivity index (χ1v) is 9.33. The third-order valence-electron chi connectivity index (χ3n) is 5.12. The highest BCUT2D eigenvalue weighted by Crippen LogP contribution is 2.24. The Morgan fingerprint density at radius 1 is 1.04 bits per heavy atom. The van der Waals surface area contributed by atoms with Crippen LogP contribution in [0.15, 0.2) is 24.3 Å². The van der Waals surface area contributed by atoms with Gasteiger partial charge in [0.25, 0.3) is 11.8 Å². The molecule has 0 saturated carbocycles. The van der Waals surface area contributed by atoms with Crippen LogP contribution in [-0.4, -0.2) is 51.0 Å². The molecule has 0 aliphatic carbocycles. The number of likely N-dealkylation sites (tertiary alicyclic amines) is 1. The zero-order valence-corrected chi connectivity index (χ0v) is 15.5. The Labute approximate surface area is 157 Å². The molecule has 4 rings (SSSR count). The lowest BCUT2D eigenvalue weighted by Crippen LogP contribution is -2.38. The zero-order valence-electron chi connectivity index (χ0n) is 14.7. The first-order valence-electron chi connectivity index (χ1n) is 8.95. The molecule has 136 valence electrons. The van der Waals surface area contributed by atoms with Crippen molar-refractivity contribution < 1.29 is 9.59 Å². The largest absolute Gasteiger partial charge is 0.337 e. The summed E-state index contributed by atoms with van der Waals surface area (Å²) < 4.78 is 1.84. The Balaban J connectivity index is 1.53. The van der Waals surface area contributed by atoms with Gasteiger partial charge in [0.15, 0.2) is 5.69 Å². The second kappa shape index (κ2) is 6.76. The number of aryl methyl sites for hydroxylation is 1. The number of benzene rings is 1. The van der Waals surface area contributed by atoms with Crippen molar-refractivity contribution >= 4 is 23.4 Å². The Bertz CT molecular complexity index is 870. The molecule has 0 bridgehead atoms. The summed E-state index contributed by atoms with van der Waals surface area (Å²) in [4.78, 5) is 29.0. The number of hydrogen-bond donors (Lipinski definition) is 0. The van der Waals surface area contributed by atoms with Gasteiger partial charge in [0.05, 0.1) is 29.4 Å². The molecule has 0 spiro atoms. The van der Waals surface area contributed by atoms with Crippen molar-refractivity contribution in [2.75, 3.05) is 19.6 Å². The van der Waals surface area contributed by atoms with Gasteiger partial charge >= 0.3 is 0 Å². The van der Waals surface area contributed by atoms with Gasteiger partial charge in [-0.2, -0.15) is 5.10 Å². The summed E-state index contributed by atoms with van der Waals surface area (Å²) in [6.07, 6.45) is 2.11. The number of amides is 2. The van der Waals surface area contributed by atoms with Crippen LogP contribution < -0.4 is 0 Å². The van der Waals surface area contributed by atoms with E-state index in [9.17, 15) is 9.59 Å². The first-order chi connectivity index (χ1) is 12.5. The van der Waals surface area contributed by atoms with Crippen LogP contribution in [0.2, 0.25) is 5.02 Å². The topological polar surface area (TPSA) is 58.4 Å². The van der Waals surface area contributed by atoms with Gasteiger partial charge in [-0.3, -0.25) is 14.3 Å². The van der Waals surface area contributed by atoms with E-state index < -0.39 is 0 Å². The summed E-state index contributed by atoms with van der Waals surface area (Å²) in [5, 5.41) is 4.96. The lowest BCUT2D eigenvalue weighted by molar-refractivity contribution is 0.0704. The molecule has 1 fully saturated rings. The summed E-state index contributed by atoms with van der Waals surface area (Å²) in [5.41, 5.74) is 2.77. The number of carbonyl (C=O) groups is 2. The molecule has 2 aromatic rings. The van der Waals surface area contributed by atoms with E-state index in [-0.39, 0.29) is 11.8 Å². The third-order valence-corrected chi connectivity index (χ3v) is 5.62. The van der Waals surface area contributed by atoms with E-state index in [2.05, 4.69) is 5.10 Å². The van der Waals surface area contributed by atoms with Crippen LogP contribution in [-0.2, 0) is 13.1 Å². The Hall–Kier alpha value is -2.34. The summed E-state index contributed by atoms with van der Waals surface area (Å²) in [6.45, 7) is 5.06. The predicted molar refractivity (Wildman–Crippen MR) is 98.3 cm³/mol. The molecule has 6 nitrogen and oxygen atoms in total. The molecule has 0 unspecified atom stereocenters. The first kappa shape index (κ1) is 17.1. The van der Waals surface area contributed by atoms with Gasteiger partial charge in [0.2, 0.25) is 0 Å². The maximum absolute atomic E-state index is 12.9. The second-order valence-electron chi connectivity index (χ2n) is 6.91. The molecule has 2 aliphatic heterocycles. The summed E-state index contributed by atoms with van der Waals surface area (Å²) in [6, 6.07) is 7.31. The van der Waals surface area contributed by atoms with Crippen molar-refractivity contribution in [2.24, 2.45) is 0 Å². The van der Waals surface area contributed by atoms with Gasteiger partial charge in [0.1, 0.15) is 0 Å². The number of halogens is 1. The van der Waals surface area contributed by atoms with Crippen molar-refractivity contribution in [3.63, 3.8) is 0 Å². The number of aromatic nitrogens is 2. The molecule has 0 atom stereocenters. The van der Waals surface area contributed by atoms with E-state index in [1.807, 2.05) is 34.7 Å². The second-order valence-corrected chi connectivity index (χ2v) is 7.28. The van der Waals surface area contributed by atoms with Crippen molar-refractivity contribution in [3.05, 3.63) is 51.8 Å². The van der Waals surface area contributed by atoms with Crippen molar-refractivity contribution in [1.82, 2.24) is 19.6 Å². The van der Waals surface area contributed by atoms with Crippen molar-refractivity contribution in [1.29, 1.82) is 0 Å². The van der Waals surface area contributed by atoms with Crippen LogP contribution in [0, 0.1) is 6.92 Å². The number of nitrogens with zero attached hydrogens (tertiary/aromatic N) is 4. The van der Waals surface area contributed by atoms with E-state index in [1.165, 1.54) is 0 Å². The van der Waals surface area contributed by atoms with Crippen molar-refractivity contribution in [3.8, 4) is 0 Å². The molecule has 1 saturated heterocycles. The fourth-order valence-corrected chi connectivity index (χ4v) is 3.82. The molecule has 7 heteroatoms. The molecule has 1 aromatic carbocycles. The zero-order chi connectivity index (χ0) is 18.3. The maximum atomic E-state index is 12.9. The van der Waals surface area contributed by atoms with Gasteiger partial charge in [-0.25, -0.2) is 0 Å². The lowest BCUT2D eigenvalue weighted by atomic mass is 10.1. The molecular weight excluding hydrogens is 352 g/mol. The minimum absolute atomic E-state index is 0.0102. The van der Waals surface area contributed by atoms with Gasteiger partial charge in [-0.15, -0.1) is 0 Å². The Kier molecular flexibility index (Phi) is 4.44. The van der Waals surface area contributed by atoms with Crippen LogP contribution in [0.5, 0.6) is 0 Å². The fourth-order valence-electron chi connectivity index (χ4n) is 3.61. The van der Waals surface area contributed by atoms with Crippen LogP contribution in [0.3, 0.4) is 0 Å². The van der Waals surface area contributed by atoms with Crippen LogP contribution in [0.1, 0.15) is 44.9 Å². The SMILES string of the molecule is Cc1cccc(C(=O)N2CCn3nc(C(=O)N4CCCC4)cc3C2)c1Cl. The third kappa shape index (κ3) is 2.98. The molecule has 2 aliphatic rings. The molecular formula is C19H21ClN4O2. The standard InChI is InChI=1S/C19H21ClN4O2/c1-13-5-4-6-15(17(13)20)18(25)23-9-10-24-14(12-23)11-16(21-24)19(26)22-7-2-3-8-22/h4-6,11H,2-3,7-10,12H2,1H3. The summed E-state index contributed by atoms with van der Waals surface area (Å²) >= 11 is 6.31. The molecule has 0 N–H and O–H groups in total. The van der Waals surface area contributed by atoms with Gasteiger partial charge < -0.3 is 9.80 Å². The Morgan fingerprint density at radius 2 is 1.81 bits per heavy atom. The number of hydrogen-bond acceptors (Lipinski definition) is 3. The highest BCUT2D eigenvalue weighted by atomic mass is 35.5. The predicted octanol–water partition coefficient (Wildman–Crippen LogP) is 2.74. The highest BCUT2D eigenvalue weighted by molar-refractivity contribution is 6.34. The average Bonchev–Trinajstić information content (AvgIpc) is 3.31. The van der Waals surface area contributed by atoms with Gasteiger partial charge in [-0.05, 0) is 37.5 Å². The minimum Gasteiger partial charge on any atom is -0.337 e. The van der Waals surface area contributed by atoms with E-state index in [0.717, 1.165) is 37.2 Å². The monoisotopic (exact) mass is 372 g/mol. The summed E-state index contributed by atoms with van der Waals surface area (Å²) in [5.74, 6) is -0.0948. The maximum Gasteiger partial charge on any atom is 0.274 e. The average molecular weight is 373 g/mol. The molecule has 1 aromatic heterocycles. The van der Waals surface area contributed by atoms with Crippen LogP contribution in [0.25, 0.3) is 0 Å². The van der Waals surface area contributed by atoms with Crippen molar-refractivity contribution in [2.45, 2.75) is 32.9 Å². The Morgan fingerprint density at radius 3 is 2.58 bits per heavy atom. The fraction of sp³-hybridized carbons (Fsp3) is 0.421. The van der Waals surface area contributed by atoms with Gasteiger partial charge in [0, 0.05) is 19.6 Å². The number of rotatable bonds is 2. The smallest absolute Gasteiger partial charge is 0.274 e. The normalized spacial score (nSPS) is 16.7. The van der Waals surface area contributed by atoms with Gasteiger partial charge in [-0.1, -0.05) is 23.7 Å². The highest BCUT2D eigenvalue weighted by Gasteiger charge is 2.28. The molecule has 3 heterocycles. The van der Waals surface area contributed by atoms with E-state index in [1.54, 1.807) is 11.0 Å². The summed E-state index contributed by atoms with van der Waals surface area (Å²) in [7, 11) is 0. The van der Waals surface area contributed by atoms with Crippen LogP contribution >= 0.6 is 11.6 Å². The number of carbonyl (C=O) groups excluding carboxylic acids is 2. The molecule has 26 heavy (non-hydrogen) atoms. The van der Waals surface area contributed by atoms with Crippen LogP contribution in [0.4, 0.5) is 0 Å². The van der Waals surface area contributed by atoms with E-state index >= 15 is 0 Å². The van der Waals surface area contributed by atoms with E-state index in [4.69, 9.17) is 11.6 Å². The number of fused-ring (bicyclic) bond motifs is 1. The minimum atomic E-state index is -0.0847. The quantitative estimate of drug-likeness (QED) is 0.814.